The summed E-state index contributed by atoms with van der Waals surface area (Å²) in [6.07, 6.45) is 7.32. The fraction of sp³-hybridized carbons (Fsp3) is 0.333. The normalized spacial score (nSPS) is 18.5. The molecule has 0 unspecified atom stereocenters. The van der Waals surface area contributed by atoms with Gasteiger partial charge in [-0.05, 0) is 30.4 Å². The largest absolute Gasteiger partial charge is 0.390 e. The van der Waals surface area contributed by atoms with Gasteiger partial charge in [-0.3, -0.25) is 19.5 Å². The van der Waals surface area contributed by atoms with Gasteiger partial charge < -0.3 is 9.51 Å². The first-order valence-corrected chi connectivity index (χ1v) is 7.16. The lowest BCUT2D eigenvalue weighted by Crippen LogP contribution is -2.40. The third kappa shape index (κ3) is 2.01. The maximum absolute atomic E-state index is 12.1. The van der Waals surface area contributed by atoms with Gasteiger partial charge in [0.15, 0.2) is 5.65 Å². The van der Waals surface area contributed by atoms with Gasteiger partial charge in [0.1, 0.15) is 6.54 Å². The average Bonchev–Trinajstić information content (AvgIpc) is 3.28. The molecule has 7 heteroatoms. The summed E-state index contributed by atoms with van der Waals surface area (Å²) in [4.78, 5) is 33.3. The predicted molar refractivity (Wildman–Crippen MR) is 78.9 cm³/mol. The molecule has 2 aromatic heterocycles. The fourth-order valence-electron chi connectivity index (χ4n) is 2.68. The maximum Gasteiger partial charge on any atom is 0.301 e. The molecule has 2 aliphatic rings. The molecule has 2 aromatic rings. The van der Waals surface area contributed by atoms with E-state index in [0.29, 0.717) is 22.9 Å². The Morgan fingerprint density at radius 1 is 1.27 bits per heavy atom. The maximum atomic E-state index is 12.1. The van der Waals surface area contributed by atoms with E-state index in [1.807, 2.05) is 12.3 Å². The van der Waals surface area contributed by atoms with E-state index >= 15 is 0 Å². The molecule has 3 heterocycles. The Hall–Kier alpha value is -2.54. The number of anilines is 1. The van der Waals surface area contributed by atoms with E-state index in [2.05, 4.69) is 9.98 Å². The molecule has 0 spiro atoms. The molecule has 0 aromatic carbocycles. The highest BCUT2D eigenvalue weighted by Crippen LogP contribution is 2.41. The number of aliphatic hydroxyl groups excluding tert-OH is 1. The Labute approximate surface area is 125 Å². The molecule has 1 saturated carbocycles. The number of imidazole rings is 1. The standard InChI is InChI=1S/C15H14N4O3/c20-7-11-6-18-5-10(9-1-2-9)3-12(14(18)17-11)19-8-16-4-13(21)15(19)22/h3,5-6,8-9,20H,1-2,4,7H2. The molecule has 1 fully saturated rings. The molecule has 1 aliphatic heterocycles. The van der Waals surface area contributed by atoms with Gasteiger partial charge in [-0.25, -0.2) is 4.98 Å². The van der Waals surface area contributed by atoms with E-state index in [-0.39, 0.29) is 13.2 Å². The first-order valence-electron chi connectivity index (χ1n) is 7.16. The molecule has 7 nitrogen and oxygen atoms in total. The van der Waals surface area contributed by atoms with Gasteiger partial charge in [-0.15, -0.1) is 0 Å². The highest BCUT2D eigenvalue weighted by molar-refractivity contribution is 6.47. The van der Waals surface area contributed by atoms with Crippen LogP contribution in [0.15, 0.2) is 23.5 Å². The van der Waals surface area contributed by atoms with Crippen LogP contribution in [0.1, 0.15) is 30.0 Å². The Kier molecular flexibility index (Phi) is 2.83. The van der Waals surface area contributed by atoms with Gasteiger partial charge in [0.05, 0.1) is 24.3 Å². The number of fused-ring (bicyclic) bond motifs is 1. The summed E-state index contributed by atoms with van der Waals surface area (Å²) in [5.41, 5.74) is 2.68. The molecule has 1 amide bonds. The van der Waals surface area contributed by atoms with Crippen LogP contribution in [-0.4, -0.2) is 39.1 Å². The van der Waals surface area contributed by atoms with Gasteiger partial charge in [0.2, 0.25) is 5.78 Å². The van der Waals surface area contributed by atoms with Crippen molar-refractivity contribution in [3.8, 4) is 0 Å². The number of rotatable bonds is 3. The number of Topliss-reactive ketones (excluding diaryl/α,β-unsaturated/α-hetero) is 1. The quantitative estimate of drug-likeness (QED) is 0.843. The predicted octanol–water partition coefficient (Wildman–Crippen LogP) is 0.648. The summed E-state index contributed by atoms with van der Waals surface area (Å²) in [5.74, 6) is -0.652. The minimum Gasteiger partial charge on any atom is -0.390 e. The summed E-state index contributed by atoms with van der Waals surface area (Å²) in [6.45, 7) is -0.287. The molecule has 4 rings (SSSR count). The lowest BCUT2D eigenvalue weighted by atomic mass is 10.1. The second kappa shape index (κ2) is 4.74. The fourth-order valence-corrected chi connectivity index (χ4v) is 2.68. The van der Waals surface area contributed by atoms with E-state index in [9.17, 15) is 14.7 Å². The molecule has 0 bridgehead atoms. The van der Waals surface area contributed by atoms with Gasteiger partial charge in [-0.2, -0.15) is 0 Å². The zero-order chi connectivity index (χ0) is 15.3. The third-order valence-corrected chi connectivity index (χ3v) is 3.96. The number of carbonyl (C=O) groups is 2. The number of ketones is 1. The van der Waals surface area contributed by atoms with Crippen molar-refractivity contribution in [1.82, 2.24) is 9.38 Å². The minimum atomic E-state index is -0.599. The van der Waals surface area contributed by atoms with Gasteiger partial charge in [-0.1, -0.05) is 0 Å². The Morgan fingerprint density at radius 3 is 2.82 bits per heavy atom. The average molecular weight is 298 g/mol. The van der Waals surface area contributed by atoms with Crippen LogP contribution in [-0.2, 0) is 16.2 Å². The number of carbonyl (C=O) groups excluding carboxylic acids is 2. The lowest BCUT2D eigenvalue weighted by molar-refractivity contribution is -0.135. The van der Waals surface area contributed by atoms with Gasteiger partial charge in [0, 0.05) is 12.4 Å². The van der Waals surface area contributed by atoms with Crippen LogP contribution >= 0.6 is 0 Å². The molecular formula is C15H14N4O3. The van der Waals surface area contributed by atoms with Gasteiger partial charge >= 0.3 is 5.91 Å². The number of amides is 1. The number of nitrogens with zero attached hydrogens (tertiary/aromatic N) is 4. The van der Waals surface area contributed by atoms with Crippen LogP contribution < -0.4 is 4.90 Å². The van der Waals surface area contributed by atoms with E-state index in [4.69, 9.17) is 0 Å². The summed E-state index contributed by atoms with van der Waals surface area (Å²) < 4.78 is 1.80. The summed E-state index contributed by atoms with van der Waals surface area (Å²) >= 11 is 0. The zero-order valence-electron chi connectivity index (χ0n) is 11.8. The molecule has 1 N–H and O–H groups in total. The molecule has 22 heavy (non-hydrogen) atoms. The van der Waals surface area contributed by atoms with E-state index in [0.717, 1.165) is 18.4 Å². The van der Waals surface area contributed by atoms with Crippen LogP contribution in [0.2, 0.25) is 0 Å². The molecule has 1 aliphatic carbocycles. The minimum absolute atomic E-state index is 0.107. The van der Waals surface area contributed by atoms with Crippen molar-refractivity contribution in [3.05, 3.63) is 29.7 Å². The van der Waals surface area contributed by atoms with Crippen molar-refractivity contribution in [3.63, 3.8) is 0 Å². The molecule has 0 atom stereocenters. The number of aliphatic imine (C=N–C) groups is 1. The van der Waals surface area contributed by atoms with Crippen LogP contribution in [0.5, 0.6) is 0 Å². The van der Waals surface area contributed by atoms with Crippen molar-refractivity contribution in [2.24, 2.45) is 4.99 Å². The van der Waals surface area contributed by atoms with Crippen LogP contribution in [0.25, 0.3) is 5.65 Å². The molecule has 0 radical (unpaired) electrons. The first kappa shape index (κ1) is 13.1. The third-order valence-electron chi connectivity index (χ3n) is 3.96. The van der Waals surface area contributed by atoms with Crippen LogP contribution in [0.3, 0.4) is 0 Å². The monoisotopic (exact) mass is 298 g/mol. The Bertz CT molecular complexity index is 820. The molecular weight excluding hydrogens is 284 g/mol. The second-order valence-electron chi connectivity index (χ2n) is 5.61. The topological polar surface area (TPSA) is 87.3 Å². The van der Waals surface area contributed by atoms with E-state index in [1.165, 1.54) is 11.2 Å². The SMILES string of the molecule is O=C1CN=CN(c2cc(C3CC3)cn3cc(CO)nc23)C1=O. The number of aromatic nitrogens is 2. The van der Waals surface area contributed by atoms with E-state index < -0.39 is 11.7 Å². The lowest BCUT2D eigenvalue weighted by Gasteiger charge is -2.21. The van der Waals surface area contributed by atoms with E-state index in [1.54, 1.807) is 10.6 Å². The molecule has 112 valence electrons. The smallest absolute Gasteiger partial charge is 0.301 e. The summed E-state index contributed by atoms with van der Waals surface area (Å²) in [6, 6.07) is 1.89. The highest BCUT2D eigenvalue weighted by atomic mass is 16.3. The summed E-state index contributed by atoms with van der Waals surface area (Å²) in [5, 5.41) is 9.29. The van der Waals surface area contributed by atoms with Crippen molar-refractivity contribution in [2.75, 3.05) is 11.4 Å². The van der Waals surface area contributed by atoms with Crippen molar-refractivity contribution < 1.29 is 14.7 Å². The molecule has 0 saturated heterocycles. The number of hydrogen-bond acceptors (Lipinski definition) is 5. The van der Waals surface area contributed by atoms with Crippen LogP contribution in [0, 0.1) is 0 Å². The number of hydrogen-bond donors (Lipinski definition) is 1. The second-order valence-corrected chi connectivity index (χ2v) is 5.61. The Balaban J connectivity index is 1.92. The Morgan fingerprint density at radius 2 is 2.09 bits per heavy atom. The van der Waals surface area contributed by atoms with Crippen LogP contribution in [0.4, 0.5) is 5.69 Å². The first-order chi connectivity index (χ1) is 10.7. The van der Waals surface area contributed by atoms with Crippen molar-refractivity contribution in [1.29, 1.82) is 0 Å². The number of aliphatic hydroxyl groups is 1. The zero-order valence-corrected chi connectivity index (χ0v) is 11.8. The number of pyridine rings is 1. The van der Waals surface area contributed by atoms with Crippen molar-refractivity contribution in [2.45, 2.75) is 25.4 Å². The summed E-state index contributed by atoms with van der Waals surface area (Å²) in [7, 11) is 0. The van der Waals surface area contributed by atoms with Crippen molar-refractivity contribution >= 4 is 29.4 Å². The highest BCUT2D eigenvalue weighted by Gasteiger charge is 2.30. The van der Waals surface area contributed by atoms with Gasteiger partial charge in [0.25, 0.3) is 0 Å².